The Morgan fingerprint density at radius 2 is 0.745 bits per heavy atom. The molecular weight excluding hydrogens is 655 g/mol. The van der Waals surface area contributed by atoms with E-state index in [0.29, 0.717) is 5.75 Å². The Hall–Kier alpha value is -6.15. The van der Waals surface area contributed by atoms with Crippen LogP contribution in [0, 0.1) is 0 Å². The summed E-state index contributed by atoms with van der Waals surface area (Å²) < 4.78 is 4.46. The van der Waals surface area contributed by atoms with Crippen LogP contribution >= 0.6 is 8.60 Å². The van der Waals surface area contributed by atoms with E-state index in [2.05, 4.69) is 89.6 Å². The van der Waals surface area contributed by atoms with Gasteiger partial charge in [0.2, 0.25) is 0 Å². The Balaban J connectivity index is 1.09. The molecule has 0 spiro atoms. The fraction of sp³-hybridized carbons (Fsp3) is 0. The molecule has 0 saturated heterocycles. The molecule has 0 aliphatic heterocycles. The minimum Gasteiger partial charge on any atom is -0.329 e. The quantitative estimate of drug-likeness (QED) is 0.0740. The van der Waals surface area contributed by atoms with Gasteiger partial charge in [0.25, 0.3) is 0 Å². The van der Waals surface area contributed by atoms with Gasteiger partial charge in [0.1, 0.15) is 0 Å². The second-order valence-corrected chi connectivity index (χ2v) is 12.7. The number of hydrogen-bond acceptors (Lipinski definition) is 8. The standard InChI is InChI=1S/C42H27N4O4P/c47-51(48)50-49-34-19-13-27(14-20-34)36-22-16-29-10-12-31-18-24-38(46-42(31)40(29)44-36)33-8-4-7-32(25-33)37-23-17-30-11-9-28-15-21-35(26-5-2-1-3-6-26)43-39(28)41(30)45-37/h1-25,47-48H. The van der Waals surface area contributed by atoms with Crippen LogP contribution in [-0.2, 0) is 4.67 Å². The van der Waals surface area contributed by atoms with Crippen molar-refractivity contribution in [3.8, 4) is 50.8 Å². The third-order valence-corrected chi connectivity index (χ3v) is 9.12. The average Bonchev–Trinajstić information content (AvgIpc) is 3.19. The van der Waals surface area contributed by atoms with Gasteiger partial charge in [-0.2, -0.15) is 0 Å². The number of rotatable bonds is 7. The van der Waals surface area contributed by atoms with Crippen LogP contribution in [0.5, 0.6) is 5.75 Å². The number of pyridine rings is 4. The van der Waals surface area contributed by atoms with Gasteiger partial charge in [-0.3, -0.25) is 0 Å². The first-order valence-corrected chi connectivity index (χ1v) is 17.4. The molecule has 0 saturated carbocycles. The van der Waals surface area contributed by atoms with Gasteiger partial charge in [0.05, 0.1) is 44.8 Å². The Morgan fingerprint density at radius 3 is 1.18 bits per heavy atom. The molecule has 51 heavy (non-hydrogen) atoms. The molecule has 4 heterocycles. The molecule has 0 atom stereocenters. The summed E-state index contributed by atoms with van der Waals surface area (Å²) in [6, 6.07) is 50.3. The molecule has 0 radical (unpaired) electrons. The van der Waals surface area contributed by atoms with E-state index in [4.69, 9.17) is 34.6 Å². The molecule has 0 fully saturated rings. The molecular formula is C42H27N4O4P. The Kier molecular flexibility index (Phi) is 7.84. The lowest BCUT2D eigenvalue weighted by atomic mass is 10.0. The molecule has 5 aromatic carbocycles. The van der Waals surface area contributed by atoms with Crippen molar-refractivity contribution in [2.75, 3.05) is 0 Å². The molecule has 244 valence electrons. The summed E-state index contributed by atoms with van der Waals surface area (Å²) in [6.45, 7) is 0. The highest BCUT2D eigenvalue weighted by atomic mass is 31.2. The lowest BCUT2D eigenvalue weighted by Crippen LogP contribution is -1.93. The van der Waals surface area contributed by atoms with E-state index in [1.54, 1.807) is 12.1 Å². The SMILES string of the molecule is OP(O)OOc1ccc(-c2ccc3ccc4ccc(-c5cccc(-c6ccc7ccc8ccc(-c9ccccc9)nc8c7n6)c5)nc4c3n2)cc1. The third kappa shape index (κ3) is 6.03. The highest BCUT2D eigenvalue weighted by Crippen LogP contribution is 2.33. The summed E-state index contributed by atoms with van der Waals surface area (Å²) in [4.78, 5) is 43.2. The van der Waals surface area contributed by atoms with Gasteiger partial charge in [0, 0.05) is 43.8 Å². The fourth-order valence-corrected chi connectivity index (χ4v) is 6.54. The van der Waals surface area contributed by atoms with Crippen molar-refractivity contribution in [1.29, 1.82) is 0 Å². The summed E-state index contributed by atoms with van der Waals surface area (Å²) in [5.74, 6) is 0.343. The first kappa shape index (κ1) is 30.9. The molecule has 9 heteroatoms. The highest BCUT2D eigenvalue weighted by molar-refractivity contribution is 7.39. The maximum atomic E-state index is 8.95. The summed E-state index contributed by atoms with van der Waals surface area (Å²) in [7, 11) is -2.61. The van der Waals surface area contributed by atoms with Gasteiger partial charge in [-0.15, -0.1) is 4.67 Å². The number of hydrogen-bond donors (Lipinski definition) is 2. The maximum absolute atomic E-state index is 8.95. The van der Waals surface area contributed by atoms with E-state index in [1.165, 1.54) is 0 Å². The van der Waals surface area contributed by atoms with E-state index in [-0.39, 0.29) is 0 Å². The summed E-state index contributed by atoms with van der Waals surface area (Å²) in [5.41, 5.74) is 10.6. The zero-order valence-corrected chi connectivity index (χ0v) is 27.8. The van der Waals surface area contributed by atoms with Gasteiger partial charge >= 0.3 is 8.60 Å². The van der Waals surface area contributed by atoms with E-state index in [9.17, 15) is 0 Å². The van der Waals surface area contributed by atoms with E-state index < -0.39 is 8.60 Å². The predicted octanol–water partition coefficient (Wildman–Crippen LogP) is 10.1. The van der Waals surface area contributed by atoms with Gasteiger partial charge in [-0.05, 0) is 54.6 Å². The smallest absolute Gasteiger partial charge is 0.329 e. The van der Waals surface area contributed by atoms with Crippen LogP contribution < -0.4 is 4.89 Å². The second-order valence-electron chi connectivity index (χ2n) is 12.1. The van der Waals surface area contributed by atoms with E-state index >= 15 is 0 Å². The number of benzene rings is 5. The lowest BCUT2D eigenvalue weighted by molar-refractivity contribution is -0.109. The van der Waals surface area contributed by atoms with Crippen molar-refractivity contribution >= 4 is 52.2 Å². The lowest BCUT2D eigenvalue weighted by Gasteiger charge is -2.10. The monoisotopic (exact) mass is 682 g/mol. The van der Waals surface area contributed by atoms with Crippen LogP contribution in [0.3, 0.4) is 0 Å². The summed E-state index contributed by atoms with van der Waals surface area (Å²) >= 11 is 0. The Labute approximate surface area is 293 Å². The topological polar surface area (TPSA) is 110 Å². The molecule has 0 unspecified atom stereocenters. The molecule has 0 bridgehead atoms. The van der Waals surface area contributed by atoms with Crippen molar-refractivity contribution in [3.05, 3.63) is 152 Å². The van der Waals surface area contributed by atoms with Crippen LogP contribution in [0.1, 0.15) is 0 Å². The van der Waals surface area contributed by atoms with Crippen LogP contribution in [0.2, 0.25) is 0 Å². The fourth-order valence-electron chi connectivity index (χ4n) is 6.38. The van der Waals surface area contributed by atoms with Crippen molar-refractivity contribution in [2.45, 2.75) is 0 Å². The zero-order chi connectivity index (χ0) is 34.3. The molecule has 8 nitrogen and oxygen atoms in total. The van der Waals surface area contributed by atoms with Crippen LogP contribution in [0.15, 0.2) is 152 Å². The van der Waals surface area contributed by atoms with Crippen LogP contribution in [0.25, 0.3) is 88.6 Å². The zero-order valence-electron chi connectivity index (χ0n) is 26.9. The minimum absolute atomic E-state index is 0.343. The normalized spacial score (nSPS) is 11.6. The molecule has 2 N–H and O–H groups in total. The first-order valence-electron chi connectivity index (χ1n) is 16.3. The number of fused-ring (bicyclic) bond motifs is 6. The van der Waals surface area contributed by atoms with Crippen molar-refractivity contribution in [1.82, 2.24) is 19.9 Å². The molecule has 4 aromatic heterocycles. The first-order chi connectivity index (χ1) is 25.1. The molecule has 0 aliphatic carbocycles. The molecule has 0 amide bonds. The highest BCUT2D eigenvalue weighted by Gasteiger charge is 2.12. The predicted molar refractivity (Wildman–Crippen MR) is 202 cm³/mol. The molecule has 9 aromatic rings. The van der Waals surface area contributed by atoms with Gasteiger partial charge in [-0.1, -0.05) is 97.1 Å². The minimum atomic E-state index is -2.61. The summed E-state index contributed by atoms with van der Waals surface area (Å²) in [5, 5.41) is 4.05. The number of aromatic nitrogens is 4. The number of nitrogens with zero attached hydrogens (tertiary/aromatic N) is 4. The van der Waals surface area contributed by atoms with E-state index in [1.807, 2.05) is 54.6 Å². The molecule has 0 aliphatic rings. The Morgan fingerprint density at radius 1 is 0.373 bits per heavy atom. The van der Waals surface area contributed by atoms with Gasteiger partial charge in [-0.25, -0.2) is 19.9 Å². The maximum Gasteiger partial charge on any atom is 0.370 e. The van der Waals surface area contributed by atoms with Crippen LogP contribution in [-0.4, -0.2) is 29.7 Å². The van der Waals surface area contributed by atoms with Crippen molar-refractivity contribution in [3.63, 3.8) is 0 Å². The van der Waals surface area contributed by atoms with E-state index in [0.717, 1.165) is 88.6 Å². The van der Waals surface area contributed by atoms with Crippen molar-refractivity contribution < 1.29 is 19.3 Å². The second kappa shape index (κ2) is 12.9. The summed E-state index contributed by atoms with van der Waals surface area (Å²) in [6.07, 6.45) is 0. The third-order valence-electron chi connectivity index (χ3n) is 8.91. The average molecular weight is 683 g/mol. The van der Waals surface area contributed by atoms with Crippen molar-refractivity contribution in [2.24, 2.45) is 0 Å². The largest absolute Gasteiger partial charge is 0.370 e. The Bertz CT molecular complexity index is 2740. The van der Waals surface area contributed by atoms with Gasteiger partial charge in [0.15, 0.2) is 5.75 Å². The molecule has 9 rings (SSSR count). The van der Waals surface area contributed by atoms with Gasteiger partial charge < -0.3 is 14.7 Å². The van der Waals surface area contributed by atoms with Crippen LogP contribution in [0.4, 0.5) is 0 Å².